The molecule has 0 bridgehead atoms. The van der Waals surface area contributed by atoms with Crippen LogP contribution >= 0.6 is 11.6 Å². The zero-order valence-corrected chi connectivity index (χ0v) is 18.8. The fourth-order valence-electron chi connectivity index (χ4n) is 4.20. The first-order valence-electron chi connectivity index (χ1n) is 10.7. The van der Waals surface area contributed by atoms with Crippen LogP contribution in [0.2, 0.25) is 5.02 Å². The van der Waals surface area contributed by atoms with E-state index in [1.165, 1.54) is 17.0 Å². The second-order valence-corrected chi connectivity index (χ2v) is 8.49. The number of nitrogens with zero attached hydrogens (tertiary/aromatic N) is 1. The quantitative estimate of drug-likeness (QED) is 0.420. The van der Waals surface area contributed by atoms with E-state index in [2.05, 4.69) is 5.32 Å². The summed E-state index contributed by atoms with van der Waals surface area (Å²) in [4.78, 5) is 27.5. The summed E-state index contributed by atoms with van der Waals surface area (Å²) in [6.07, 6.45) is 0. The van der Waals surface area contributed by atoms with E-state index in [1.807, 2.05) is 36.4 Å². The van der Waals surface area contributed by atoms with Crippen LogP contribution in [0.25, 0.3) is 10.8 Å². The van der Waals surface area contributed by atoms with Crippen molar-refractivity contribution in [1.29, 1.82) is 0 Å². The summed E-state index contributed by atoms with van der Waals surface area (Å²) in [6.45, 7) is -0.451. The predicted molar refractivity (Wildman–Crippen MR) is 129 cm³/mol. The molecule has 5 rings (SSSR count). The SMILES string of the molecule is O=C1CN(C(=O)COc2ccc3ccccc3c2)C(c2ccc(F)cc2)c2cc(Cl)ccc2N1. The molecular formula is C27H20ClFN2O3. The fourth-order valence-corrected chi connectivity index (χ4v) is 4.38. The topological polar surface area (TPSA) is 58.6 Å². The van der Waals surface area contributed by atoms with Gasteiger partial charge in [-0.1, -0.05) is 54.1 Å². The second kappa shape index (κ2) is 9.15. The Morgan fingerprint density at radius 2 is 1.76 bits per heavy atom. The highest BCUT2D eigenvalue weighted by Crippen LogP contribution is 2.37. The molecule has 0 spiro atoms. The molecule has 0 radical (unpaired) electrons. The normalized spacial score (nSPS) is 15.4. The fraction of sp³-hybridized carbons (Fsp3) is 0.111. The summed E-state index contributed by atoms with van der Waals surface area (Å²) in [6, 6.07) is 23.7. The van der Waals surface area contributed by atoms with Crippen LogP contribution in [0.1, 0.15) is 17.2 Å². The first-order chi connectivity index (χ1) is 16.5. The summed E-state index contributed by atoms with van der Waals surface area (Å²) in [5.74, 6) is -0.568. The van der Waals surface area contributed by atoms with E-state index in [1.54, 1.807) is 36.4 Å². The molecule has 1 heterocycles. The number of amides is 2. The maximum absolute atomic E-state index is 13.6. The molecule has 170 valence electrons. The molecule has 1 aliphatic rings. The minimum absolute atomic E-state index is 0.186. The average molecular weight is 475 g/mol. The molecule has 0 fully saturated rings. The van der Waals surface area contributed by atoms with Gasteiger partial charge in [-0.05, 0) is 58.8 Å². The molecule has 34 heavy (non-hydrogen) atoms. The number of hydrogen-bond acceptors (Lipinski definition) is 3. The maximum atomic E-state index is 13.6. The Labute approximate surface area is 200 Å². The number of benzene rings is 4. The highest BCUT2D eigenvalue weighted by Gasteiger charge is 2.33. The van der Waals surface area contributed by atoms with Gasteiger partial charge in [-0.15, -0.1) is 0 Å². The number of fused-ring (bicyclic) bond motifs is 2. The second-order valence-electron chi connectivity index (χ2n) is 8.05. The Morgan fingerprint density at radius 1 is 1.00 bits per heavy atom. The van der Waals surface area contributed by atoms with E-state index in [4.69, 9.17) is 16.3 Å². The van der Waals surface area contributed by atoms with Gasteiger partial charge < -0.3 is 15.0 Å². The minimum atomic E-state index is -0.652. The van der Waals surface area contributed by atoms with Crippen molar-refractivity contribution in [1.82, 2.24) is 4.90 Å². The third-order valence-electron chi connectivity index (χ3n) is 5.80. The molecule has 4 aromatic rings. The molecular weight excluding hydrogens is 455 g/mol. The van der Waals surface area contributed by atoms with Gasteiger partial charge in [0.1, 0.15) is 18.1 Å². The molecule has 1 aliphatic heterocycles. The third-order valence-corrected chi connectivity index (χ3v) is 6.03. The van der Waals surface area contributed by atoms with Crippen LogP contribution in [0.3, 0.4) is 0 Å². The van der Waals surface area contributed by atoms with Gasteiger partial charge >= 0.3 is 0 Å². The summed E-state index contributed by atoms with van der Waals surface area (Å²) in [5.41, 5.74) is 1.85. The Hall–Kier alpha value is -3.90. The Balaban J connectivity index is 1.48. The molecule has 0 aliphatic carbocycles. The number of hydrogen-bond donors (Lipinski definition) is 1. The number of carbonyl (C=O) groups excluding carboxylic acids is 2. The number of anilines is 1. The summed E-state index contributed by atoms with van der Waals surface area (Å²) >= 11 is 6.26. The van der Waals surface area contributed by atoms with Gasteiger partial charge in [0.2, 0.25) is 5.91 Å². The van der Waals surface area contributed by atoms with Crippen LogP contribution < -0.4 is 10.1 Å². The van der Waals surface area contributed by atoms with E-state index in [9.17, 15) is 14.0 Å². The standard InChI is InChI=1S/C27H20ClFN2O3/c28-20-8-12-24-23(14-20)27(18-5-9-21(29)10-6-18)31(15-25(32)30-24)26(33)16-34-22-11-7-17-3-1-2-4-19(17)13-22/h1-14,27H,15-16H2,(H,30,32). The lowest BCUT2D eigenvalue weighted by Gasteiger charge is -2.30. The van der Waals surface area contributed by atoms with E-state index in [0.717, 1.165) is 10.8 Å². The first kappa shape index (κ1) is 21.9. The monoisotopic (exact) mass is 474 g/mol. The number of nitrogens with one attached hydrogen (secondary N) is 1. The lowest BCUT2D eigenvalue weighted by Crippen LogP contribution is -2.41. The van der Waals surface area contributed by atoms with Crippen molar-refractivity contribution in [2.24, 2.45) is 0 Å². The lowest BCUT2D eigenvalue weighted by atomic mass is 9.95. The van der Waals surface area contributed by atoms with E-state index in [-0.39, 0.29) is 25.0 Å². The molecule has 1 atom stereocenters. The predicted octanol–water partition coefficient (Wildman–Crippen LogP) is 5.58. The number of ether oxygens (including phenoxy) is 1. The van der Waals surface area contributed by atoms with Gasteiger partial charge in [0.05, 0.1) is 6.04 Å². The van der Waals surface area contributed by atoms with Crippen LogP contribution in [-0.2, 0) is 9.59 Å². The van der Waals surface area contributed by atoms with Gasteiger partial charge in [0, 0.05) is 16.3 Å². The van der Waals surface area contributed by atoms with Crippen molar-refractivity contribution in [3.8, 4) is 5.75 Å². The minimum Gasteiger partial charge on any atom is -0.484 e. The molecule has 0 saturated carbocycles. The summed E-state index contributed by atoms with van der Waals surface area (Å²) in [7, 11) is 0. The zero-order valence-electron chi connectivity index (χ0n) is 18.0. The van der Waals surface area contributed by atoms with Crippen LogP contribution in [0, 0.1) is 5.82 Å². The smallest absolute Gasteiger partial charge is 0.261 e. The highest BCUT2D eigenvalue weighted by atomic mass is 35.5. The van der Waals surface area contributed by atoms with E-state index in [0.29, 0.717) is 27.6 Å². The van der Waals surface area contributed by atoms with Crippen molar-refractivity contribution in [3.63, 3.8) is 0 Å². The Morgan fingerprint density at radius 3 is 2.56 bits per heavy atom. The van der Waals surface area contributed by atoms with Crippen molar-refractivity contribution in [2.45, 2.75) is 6.04 Å². The number of carbonyl (C=O) groups is 2. The molecule has 7 heteroatoms. The highest BCUT2D eigenvalue weighted by molar-refractivity contribution is 6.30. The van der Waals surface area contributed by atoms with Crippen molar-refractivity contribution >= 4 is 39.9 Å². The van der Waals surface area contributed by atoms with Gasteiger partial charge in [-0.25, -0.2) is 4.39 Å². The number of rotatable bonds is 4. The van der Waals surface area contributed by atoms with Gasteiger partial charge in [0.25, 0.3) is 5.91 Å². The van der Waals surface area contributed by atoms with Gasteiger partial charge in [-0.3, -0.25) is 9.59 Å². The van der Waals surface area contributed by atoms with Gasteiger partial charge in [-0.2, -0.15) is 0 Å². The third kappa shape index (κ3) is 4.45. The van der Waals surface area contributed by atoms with Crippen molar-refractivity contribution in [2.75, 3.05) is 18.5 Å². The Bertz CT molecular complexity index is 1390. The first-order valence-corrected chi connectivity index (χ1v) is 11.1. The molecule has 0 aromatic heterocycles. The molecule has 1 unspecified atom stereocenters. The average Bonchev–Trinajstić information content (AvgIpc) is 2.98. The van der Waals surface area contributed by atoms with Crippen LogP contribution in [0.4, 0.5) is 10.1 Å². The largest absolute Gasteiger partial charge is 0.484 e. The zero-order chi connectivity index (χ0) is 23.7. The molecule has 2 amide bonds. The molecule has 0 saturated heterocycles. The molecule has 4 aromatic carbocycles. The van der Waals surface area contributed by atoms with Crippen LogP contribution in [0.5, 0.6) is 5.75 Å². The summed E-state index contributed by atoms with van der Waals surface area (Å²) < 4.78 is 19.5. The maximum Gasteiger partial charge on any atom is 0.261 e. The number of halogens is 2. The molecule has 5 nitrogen and oxygen atoms in total. The molecule has 1 N–H and O–H groups in total. The lowest BCUT2D eigenvalue weighted by molar-refractivity contribution is -0.138. The van der Waals surface area contributed by atoms with Crippen LogP contribution in [0.15, 0.2) is 84.9 Å². The Kier molecular flexibility index (Phi) is 5.90. The van der Waals surface area contributed by atoms with Gasteiger partial charge in [0.15, 0.2) is 6.61 Å². The van der Waals surface area contributed by atoms with E-state index < -0.39 is 11.9 Å². The van der Waals surface area contributed by atoms with Crippen LogP contribution in [-0.4, -0.2) is 29.9 Å². The van der Waals surface area contributed by atoms with Crippen molar-refractivity contribution in [3.05, 3.63) is 107 Å². The summed E-state index contributed by atoms with van der Waals surface area (Å²) in [5, 5.41) is 5.35. The van der Waals surface area contributed by atoms with Crippen molar-refractivity contribution < 1.29 is 18.7 Å². The van der Waals surface area contributed by atoms with E-state index >= 15 is 0 Å².